The van der Waals surface area contributed by atoms with Gasteiger partial charge in [0.15, 0.2) is 11.3 Å². The van der Waals surface area contributed by atoms with Crippen LogP contribution in [0.5, 0.6) is 5.75 Å². The van der Waals surface area contributed by atoms with Crippen LogP contribution in [0.4, 0.5) is 27.7 Å². The number of hydrogen-bond acceptors (Lipinski definition) is 9. The van der Waals surface area contributed by atoms with Gasteiger partial charge in [-0.3, -0.25) is 10.2 Å². The first-order chi connectivity index (χ1) is 19.3. The maximum atomic E-state index is 12.5. The third-order valence-electron chi connectivity index (χ3n) is 7.00. The minimum atomic E-state index is -0.376. The number of rotatable bonds is 7. The molecule has 1 aromatic heterocycles. The first kappa shape index (κ1) is 26.5. The van der Waals surface area contributed by atoms with Crippen LogP contribution in [-0.2, 0) is 10.2 Å². The number of nitrogens with zero attached hydrogens (tertiary/aromatic N) is 4. The Morgan fingerprint density at radius 3 is 2.58 bits per heavy atom. The quantitative estimate of drug-likeness (QED) is 0.386. The largest absolute Gasteiger partial charge is 0.492 e. The average Bonchev–Trinajstić information content (AvgIpc) is 3.65. The van der Waals surface area contributed by atoms with E-state index in [9.17, 15) is 4.79 Å². The van der Waals surface area contributed by atoms with Gasteiger partial charge in [-0.25, -0.2) is 4.79 Å². The molecule has 2 amide bonds. The van der Waals surface area contributed by atoms with Crippen molar-refractivity contribution >= 4 is 40.7 Å². The minimum Gasteiger partial charge on any atom is -0.492 e. The Labute approximate surface area is 238 Å². The number of nitrogens with one attached hydrogen (secondary N) is 2. The summed E-state index contributed by atoms with van der Waals surface area (Å²) in [6, 6.07) is 15.5. The SMILES string of the molecule is CC(C)(C)c1cc(NC(=O)Nc2ccc(N3C=CN4c5ccc(OCCN6CCOCC6)cc5SC34)cc2)no1. The molecule has 40 heavy (non-hydrogen) atoms. The third-order valence-corrected chi connectivity index (χ3v) is 8.25. The van der Waals surface area contributed by atoms with Crippen LogP contribution in [0, 0.1) is 0 Å². The number of fused-ring (bicyclic) bond motifs is 3. The van der Waals surface area contributed by atoms with E-state index in [0.717, 1.165) is 44.3 Å². The summed E-state index contributed by atoms with van der Waals surface area (Å²) in [5, 5.41) is 9.51. The van der Waals surface area contributed by atoms with Crippen molar-refractivity contribution in [3.05, 3.63) is 66.7 Å². The van der Waals surface area contributed by atoms with Crippen molar-refractivity contribution in [2.24, 2.45) is 0 Å². The van der Waals surface area contributed by atoms with Crippen LogP contribution >= 0.6 is 11.8 Å². The van der Waals surface area contributed by atoms with E-state index in [-0.39, 0.29) is 16.9 Å². The predicted octanol–water partition coefficient (Wildman–Crippen LogP) is 5.51. The lowest BCUT2D eigenvalue weighted by Gasteiger charge is -2.26. The van der Waals surface area contributed by atoms with Gasteiger partial charge in [0.25, 0.3) is 0 Å². The molecule has 2 aromatic carbocycles. The summed E-state index contributed by atoms with van der Waals surface area (Å²) in [6.45, 7) is 11.2. The van der Waals surface area contributed by atoms with Crippen molar-refractivity contribution in [3.63, 3.8) is 0 Å². The Bertz CT molecular complexity index is 1380. The molecule has 0 aliphatic carbocycles. The maximum Gasteiger partial charge on any atom is 0.324 e. The molecule has 2 N–H and O–H groups in total. The van der Waals surface area contributed by atoms with Crippen LogP contribution in [0.15, 0.2) is 70.3 Å². The molecule has 3 aromatic rings. The summed E-state index contributed by atoms with van der Waals surface area (Å²) in [5.74, 6) is 1.98. The van der Waals surface area contributed by atoms with Crippen LogP contribution in [0.25, 0.3) is 0 Å². The molecule has 1 fully saturated rings. The molecule has 1 saturated heterocycles. The molecular weight excluding hydrogens is 528 g/mol. The smallest absolute Gasteiger partial charge is 0.324 e. The molecule has 4 heterocycles. The number of anilines is 4. The Morgan fingerprint density at radius 1 is 1.05 bits per heavy atom. The van der Waals surface area contributed by atoms with E-state index in [1.807, 2.05) is 51.1 Å². The average molecular weight is 563 g/mol. The highest BCUT2D eigenvalue weighted by molar-refractivity contribution is 8.00. The summed E-state index contributed by atoms with van der Waals surface area (Å²) in [4.78, 5) is 20.5. The number of ether oxygens (including phenoxy) is 2. The second-order valence-electron chi connectivity index (χ2n) is 10.9. The van der Waals surface area contributed by atoms with Crippen LogP contribution in [-0.4, -0.2) is 61.0 Å². The van der Waals surface area contributed by atoms with E-state index in [2.05, 4.69) is 55.0 Å². The first-order valence-electron chi connectivity index (χ1n) is 13.5. The van der Waals surface area contributed by atoms with E-state index in [1.165, 1.54) is 10.6 Å². The molecule has 6 rings (SSSR count). The Kier molecular flexibility index (Phi) is 7.35. The molecule has 1 atom stereocenters. The van der Waals surface area contributed by atoms with Gasteiger partial charge in [-0.1, -0.05) is 37.7 Å². The molecule has 10 nitrogen and oxygen atoms in total. The molecule has 0 radical (unpaired) electrons. The fourth-order valence-corrected chi connectivity index (χ4v) is 6.07. The highest BCUT2D eigenvalue weighted by atomic mass is 32.2. The molecule has 3 aliphatic rings. The predicted molar refractivity (Wildman–Crippen MR) is 157 cm³/mol. The lowest BCUT2D eigenvalue weighted by Crippen LogP contribution is -2.38. The lowest BCUT2D eigenvalue weighted by molar-refractivity contribution is 0.0322. The number of thioether (sulfide) groups is 1. The Morgan fingerprint density at radius 2 is 1.82 bits per heavy atom. The van der Waals surface area contributed by atoms with Crippen molar-refractivity contribution in [1.29, 1.82) is 0 Å². The monoisotopic (exact) mass is 562 g/mol. The normalized spacial score (nSPS) is 18.5. The number of carbonyl (C=O) groups is 1. The second-order valence-corrected chi connectivity index (χ2v) is 12.0. The third kappa shape index (κ3) is 5.77. The van der Waals surface area contributed by atoms with Gasteiger partial charge in [0.1, 0.15) is 18.1 Å². The van der Waals surface area contributed by atoms with Crippen LogP contribution in [0.1, 0.15) is 26.5 Å². The van der Waals surface area contributed by atoms with E-state index in [0.29, 0.717) is 23.9 Å². The van der Waals surface area contributed by atoms with Crippen molar-refractivity contribution in [3.8, 4) is 5.75 Å². The van der Waals surface area contributed by atoms with E-state index in [1.54, 1.807) is 17.8 Å². The van der Waals surface area contributed by atoms with Gasteiger partial charge in [-0.2, -0.15) is 0 Å². The molecule has 1 unspecified atom stereocenters. The first-order valence-corrected chi connectivity index (χ1v) is 14.4. The number of morpholine rings is 1. The summed E-state index contributed by atoms with van der Waals surface area (Å²) in [6.07, 6.45) is 4.19. The van der Waals surface area contributed by atoms with Gasteiger partial charge >= 0.3 is 6.03 Å². The minimum absolute atomic E-state index is 0.0879. The summed E-state index contributed by atoms with van der Waals surface area (Å²) >= 11 is 1.79. The molecule has 0 saturated carbocycles. The summed E-state index contributed by atoms with van der Waals surface area (Å²) < 4.78 is 16.8. The van der Waals surface area contributed by atoms with Crippen molar-refractivity contribution in [2.75, 3.05) is 59.9 Å². The molecule has 210 valence electrons. The lowest BCUT2D eigenvalue weighted by atomic mass is 9.93. The van der Waals surface area contributed by atoms with Crippen LogP contribution < -0.4 is 25.2 Å². The molecule has 11 heteroatoms. The zero-order valence-electron chi connectivity index (χ0n) is 22.9. The van der Waals surface area contributed by atoms with Crippen LogP contribution in [0.3, 0.4) is 0 Å². The Hall–Kier alpha value is -3.67. The maximum absolute atomic E-state index is 12.5. The fraction of sp³-hybridized carbons (Fsp3) is 0.379. The fourth-order valence-electron chi connectivity index (χ4n) is 4.76. The van der Waals surface area contributed by atoms with Gasteiger partial charge in [-0.05, 0) is 42.5 Å². The number of aromatic nitrogens is 1. The van der Waals surface area contributed by atoms with Crippen molar-refractivity contribution in [2.45, 2.75) is 36.6 Å². The molecule has 0 spiro atoms. The van der Waals surface area contributed by atoms with E-state index in [4.69, 9.17) is 14.0 Å². The van der Waals surface area contributed by atoms with Crippen molar-refractivity contribution < 1.29 is 18.8 Å². The second kappa shape index (κ2) is 11.1. The van der Waals surface area contributed by atoms with Gasteiger partial charge < -0.3 is 29.1 Å². The highest BCUT2D eigenvalue weighted by Crippen LogP contribution is 2.49. The van der Waals surface area contributed by atoms with Crippen LogP contribution in [0.2, 0.25) is 0 Å². The number of carbonyl (C=O) groups excluding carboxylic acids is 1. The van der Waals surface area contributed by atoms with Gasteiger partial charge in [-0.15, -0.1) is 0 Å². The zero-order valence-corrected chi connectivity index (χ0v) is 23.7. The van der Waals surface area contributed by atoms with Gasteiger partial charge in [0.2, 0.25) is 0 Å². The van der Waals surface area contributed by atoms with Gasteiger partial charge in [0.05, 0.1) is 18.9 Å². The van der Waals surface area contributed by atoms with E-state index < -0.39 is 0 Å². The standard InChI is InChI=1S/C29H34N6O4S/c1-29(2,3)25-19-26(32-39-25)31-27(36)30-20-4-6-21(7-5-20)34-10-11-35-23-9-8-22(18-24(23)40-28(34)35)38-17-14-33-12-15-37-16-13-33/h4-11,18-19,28H,12-17H2,1-3H3,(H2,30,31,32,36). The summed E-state index contributed by atoms with van der Waals surface area (Å²) in [5.41, 5.74) is 2.79. The highest BCUT2D eigenvalue weighted by Gasteiger charge is 2.37. The van der Waals surface area contributed by atoms with E-state index >= 15 is 0 Å². The number of urea groups is 1. The van der Waals surface area contributed by atoms with Gasteiger partial charge in [0, 0.05) is 59.8 Å². The number of hydrogen-bond donors (Lipinski definition) is 2. The molecule has 0 bridgehead atoms. The molecule has 3 aliphatic heterocycles. The number of amides is 2. The topological polar surface area (TPSA) is 95.3 Å². The number of benzene rings is 2. The Balaban J connectivity index is 1.03. The molecular formula is C29H34N6O4S. The van der Waals surface area contributed by atoms with Crippen molar-refractivity contribution in [1.82, 2.24) is 10.1 Å². The summed E-state index contributed by atoms with van der Waals surface area (Å²) in [7, 11) is 0. The zero-order chi connectivity index (χ0) is 27.7.